The first-order chi connectivity index (χ1) is 13.7. The minimum Gasteiger partial charge on any atom is -0.428 e. The van der Waals surface area contributed by atoms with Gasteiger partial charge in [0.2, 0.25) is 0 Å². The van der Waals surface area contributed by atoms with Gasteiger partial charge < -0.3 is 24.7 Å². The molecule has 0 bridgehead atoms. The highest BCUT2D eigenvalue weighted by Crippen LogP contribution is 2.17. The highest BCUT2D eigenvalue weighted by atomic mass is 16.8. The molecule has 0 aliphatic carbocycles. The van der Waals surface area contributed by atoms with Gasteiger partial charge in [-0.15, -0.1) is 0 Å². The Morgan fingerprint density at radius 3 is 1.67 bits per heavy atom. The summed E-state index contributed by atoms with van der Waals surface area (Å²) in [7, 11) is 0. The first-order valence-electron chi connectivity index (χ1n) is 9.37. The van der Waals surface area contributed by atoms with E-state index in [9.17, 15) is 19.2 Å². The summed E-state index contributed by atoms with van der Waals surface area (Å²) in [4.78, 5) is 48.5. The first-order valence-corrected chi connectivity index (χ1v) is 9.37. The molecule has 9 heteroatoms. The van der Waals surface area contributed by atoms with Crippen LogP contribution in [0.4, 0.5) is 9.59 Å². The molecular formula is C21H29NO8. The Balaban J connectivity index is 2.96. The summed E-state index contributed by atoms with van der Waals surface area (Å²) in [5.74, 6) is -3.58. The maximum absolute atomic E-state index is 12.6. The van der Waals surface area contributed by atoms with Gasteiger partial charge in [-0.1, -0.05) is 30.3 Å². The van der Waals surface area contributed by atoms with Crippen molar-refractivity contribution in [3.63, 3.8) is 0 Å². The van der Waals surface area contributed by atoms with Gasteiger partial charge in [-0.25, -0.2) is 14.4 Å². The summed E-state index contributed by atoms with van der Waals surface area (Å²) in [6.07, 6.45) is -2.51. The summed E-state index contributed by atoms with van der Waals surface area (Å²) in [5.41, 5.74) is 4.77. The largest absolute Gasteiger partial charge is 0.516 e. The van der Waals surface area contributed by atoms with Crippen LogP contribution in [0.1, 0.15) is 47.1 Å². The standard InChI is InChI=1S/C21H29NO8/c1-20(2,3)29-18(25)27-16(23)14(12-13-10-8-7-9-11-13)15(22)17(24)28-19(26)30-21(4,5)6/h7-11,14-15H,12,22H2,1-6H3/t14?,15-/m1/s1. The molecule has 30 heavy (non-hydrogen) atoms. The van der Waals surface area contributed by atoms with Crippen LogP contribution in [0.25, 0.3) is 0 Å². The van der Waals surface area contributed by atoms with Crippen molar-refractivity contribution >= 4 is 24.2 Å². The van der Waals surface area contributed by atoms with Crippen LogP contribution in [0, 0.1) is 5.92 Å². The van der Waals surface area contributed by atoms with Crippen LogP contribution >= 0.6 is 0 Å². The molecule has 2 atom stereocenters. The Morgan fingerprint density at radius 2 is 1.23 bits per heavy atom. The van der Waals surface area contributed by atoms with E-state index in [4.69, 9.17) is 19.9 Å². The molecule has 1 aromatic carbocycles. The molecule has 1 aromatic rings. The van der Waals surface area contributed by atoms with Crippen molar-refractivity contribution in [1.29, 1.82) is 0 Å². The molecular weight excluding hydrogens is 394 g/mol. The van der Waals surface area contributed by atoms with Crippen LogP contribution in [0.2, 0.25) is 0 Å². The molecule has 0 fully saturated rings. The predicted octanol–water partition coefficient (Wildman–Crippen LogP) is 3.13. The van der Waals surface area contributed by atoms with E-state index in [1.807, 2.05) is 0 Å². The lowest BCUT2D eigenvalue weighted by Crippen LogP contribution is -2.46. The maximum Gasteiger partial charge on any atom is 0.516 e. The summed E-state index contributed by atoms with van der Waals surface area (Å²) in [6.45, 7) is 9.58. The minimum atomic E-state index is -1.59. The molecule has 166 valence electrons. The second kappa shape index (κ2) is 10.2. The molecule has 1 rings (SSSR count). The number of esters is 2. The van der Waals surface area contributed by atoms with Gasteiger partial charge in [0.05, 0.1) is 5.92 Å². The van der Waals surface area contributed by atoms with Crippen LogP contribution in [0.15, 0.2) is 30.3 Å². The molecule has 2 N–H and O–H groups in total. The third kappa shape index (κ3) is 9.51. The molecule has 1 unspecified atom stereocenters. The van der Waals surface area contributed by atoms with Crippen molar-refractivity contribution in [1.82, 2.24) is 0 Å². The first kappa shape index (κ1) is 25.1. The number of hydrogen-bond donors (Lipinski definition) is 1. The fourth-order valence-corrected chi connectivity index (χ4v) is 2.24. The molecule has 0 saturated carbocycles. The van der Waals surface area contributed by atoms with Gasteiger partial charge in [-0.2, -0.15) is 0 Å². The van der Waals surface area contributed by atoms with Gasteiger partial charge in [0, 0.05) is 0 Å². The average molecular weight is 423 g/mol. The Labute approximate surface area is 175 Å². The summed E-state index contributed by atoms with van der Waals surface area (Å²) >= 11 is 0. The quantitative estimate of drug-likeness (QED) is 0.560. The van der Waals surface area contributed by atoms with Gasteiger partial charge in [0.1, 0.15) is 17.2 Å². The summed E-state index contributed by atoms with van der Waals surface area (Å²) in [5, 5.41) is 0. The topological polar surface area (TPSA) is 131 Å². The number of nitrogens with two attached hydrogens (primary N) is 1. The molecule has 0 saturated heterocycles. The average Bonchev–Trinajstić information content (AvgIpc) is 2.56. The molecule has 9 nitrogen and oxygen atoms in total. The molecule has 0 heterocycles. The van der Waals surface area contributed by atoms with Crippen molar-refractivity contribution in [2.45, 2.75) is 65.2 Å². The van der Waals surface area contributed by atoms with Crippen molar-refractivity contribution < 1.29 is 38.1 Å². The van der Waals surface area contributed by atoms with Crippen LogP contribution in [0.5, 0.6) is 0 Å². The number of benzene rings is 1. The van der Waals surface area contributed by atoms with Crippen molar-refractivity contribution in [3.05, 3.63) is 35.9 Å². The van der Waals surface area contributed by atoms with Crippen molar-refractivity contribution in [2.24, 2.45) is 11.7 Å². The number of carbonyl (C=O) groups excluding carboxylic acids is 4. The fourth-order valence-electron chi connectivity index (χ4n) is 2.24. The monoisotopic (exact) mass is 423 g/mol. The van der Waals surface area contributed by atoms with Gasteiger partial charge in [0.15, 0.2) is 0 Å². The van der Waals surface area contributed by atoms with Crippen molar-refractivity contribution in [2.75, 3.05) is 0 Å². The molecule has 0 radical (unpaired) electrons. The maximum atomic E-state index is 12.6. The zero-order valence-electron chi connectivity index (χ0n) is 18.1. The number of ether oxygens (including phenoxy) is 4. The second-order valence-corrected chi connectivity index (χ2v) is 8.59. The minimum absolute atomic E-state index is 0.0347. The van der Waals surface area contributed by atoms with E-state index in [1.54, 1.807) is 71.9 Å². The lowest BCUT2D eigenvalue weighted by atomic mass is 9.92. The van der Waals surface area contributed by atoms with Gasteiger partial charge in [-0.05, 0) is 53.5 Å². The van der Waals surface area contributed by atoms with Crippen LogP contribution in [-0.2, 0) is 35.0 Å². The normalized spacial score (nSPS) is 13.6. The van der Waals surface area contributed by atoms with E-state index in [-0.39, 0.29) is 6.42 Å². The Hall–Kier alpha value is -2.94. The summed E-state index contributed by atoms with van der Waals surface area (Å²) in [6, 6.07) is 7.06. The smallest absolute Gasteiger partial charge is 0.428 e. The van der Waals surface area contributed by atoms with Gasteiger partial charge in [0.25, 0.3) is 0 Å². The highest BCUT2D eigenvalue weighted by Gasteiger charge is 2.37. The second-order valence-electron chi connectivity index (χ2n) is 8.59. The zero-order valence-corrected chi connectivity index (χ0v) is 18.1. The Bertz CT molecular complexity index is 761. The predicted molar refractivity (Wildman–Crippen MR) is 106 cm³/mol. The van der Waals surface area contributed by atoms with Crippen LogP contribution in [0.3, 0.4) is 0 Å². The third-order valence-corrected chi connectivity index (χ3v) is 3.45. The van der Waals surface area contributed by atoms with E-state index in [1.165, 1.54) is 0 Å². The number of carbonyl (C=O) groups is 4. The third-order valence-electron chi connectivity index (χ3n) is 3.45. The molecule has 0 aromatic heterocycles. The molecule has 0 aliphatic rings. The molecule has 0 aliphatic heterocycles. The fraction of sp³-hybridized carbons (Fsp3) is 0.524. The SMILES string of the molecule is CC(C)(C)OC(=O)OC(=O)C(Cc1ccccc1)[C@@H](N)C(=O)OC(=O)OC(C)(C)C. The van der Waals surface area contributed by atoms with E-state index < -0.39 is 47.4 Å². The van der Waals surface area contributed by atoms with Crippen LogP contribution < -0.4 is 5.73 Å². The zero-order chi connectivity index (χ0) is 23.1. The van der Waals surface area contributed by atoms with Gasteiger partial charge in [-0.3, -0.25) is 4.79 Å². The van der Waals surface area contributed by atoms with Crippen molar-refractivity contribution in [3.8, 4) is 0 Å². The Kier molecular flexibility index (Phi) is 8.53. The van der Waals surface area contributed by atoms with E-state index >= 15 is 0 Å². The van der Waals surface area contributed by atoms with Crippen LogP contribution in [-0.4, -0.2) is 41.5 Å². The highest BCUT2D eigenvalue weighted by molar-refractivity contribution is 5.92. The Morgan fingerprint density at radius 1 is 0.800 bits per heavy atom. The molecule has 0 spiro atoms. The van der Waals surface area contributed by atoms with E-state index in [0.717, 1.165) is 0 Å². The van der Waals surface area contributed by atoms with Gasteiger partial charge >= 0.3 is 24.2 Å². The number of rotatable bonds is 5. The summed E-state index contributed by atoms with van der Waals surface area (Å²) < 4.78 is 19.2. The van der Waals surface area contributed by atoms with E-state index in [0.29, 0.717) is 5.56 Å². The van der Waals surface area contributed by atoms with E-state index in [2.05, 4.69) is 4.74 Å². The lowest BCUT2D eigenvalue weighted by molar-refractivity contribution is -0.154. The number of hydrogen-bond acceptors (Lipinski definition) is 9. The molecule has 0 amide bonds. The lowest BCUT2D eigenvalue weighted by Gasteiger charge is -2.23.